The van der Waals surface area contributed by atoms with E-state index in [1.165, 1.54) is 25.7 Å². The van der Waals surface area contributed by atoms with Gasteiger partial charge in [0.25, 0.3) is 0 Å². The number of hydrogen-bond acceptors (Lipinski definition) is 1. The minimum atomic E-state index is 0.298. The maximum atomic E-state index is 6.31. The quantitative estimate of drug-likeness (QED) is 0.661. The van der Waals surface area contributed by atoms with Crippen molar-refractivity contribution in [2.75, 3.05) is 0 Å². The monoisotopic (exact) mass is 181 g/mol. The van der Waals surface area contributed by atoms with Crippen LogP contribution in [-0.4, -0.2) is 6.04 Å². The van der Waals surface area contributed by atoms with Gasteiger partial charge in [0, 0.05) is 6.04 Å². The van der Waals surface area contributed by atoms with E-state index in [0.29, 0.717) is 11.5 Å². The third-order valence-corrected chi connectivity index (χ3v) is 4.09. The highest BCUT2D eigenvalue weighted by Gasteiger charge is 2.44. The van der Waals surface area contributed by atoms with Crippen LogP contribution >= 0.6 is 0 Å². The van der Waals surface area contributed by atoms with Gasteiger partial charge in [-0.25, -0.2) is 0 Å². The molecule has 4 atom stereocenters. The minimum Gasteiger partial charge on any atom is -0.327 e. The lowest BCUT2D eigenvalue weighted by Gasteiger charge is -2.36. The molecule has 0 aromatic carbocycles. The summed E-state index contributed by atoms with van der Waals surface area (Å²) in [5, 5.41) is 0. The van der Waals surface area contributed by atoms with Crippen LogP contribution in [0.2, 0.25) is 0 Å². The topological polar surface area (TPSA) is 26.0 Å². The van der Waals surface area contributed by atoms with Gasteiger partial charge in [-0.3, -0.25) is 0 Å². The largest absolute Gasteiger partial charge is 0.327 e. The van der Waals surface area contributed by atoms with Gasteiger partial charge in [-0.05, 0) is 48.9 Å². The third kappa shape index (κ3) is 1.90. The van der Waals surface area contributed by atoms with Crippen LogP contribution in [-0.2, 0) is 0 Å². The Kier molecular flexibility index (Phi) is 2.18. The highest BCUT2D eigenvalue weighted by atomic mass is 14.7. The van der Waals surface area contributed by atoms with Crippen LogP contribution in [0, 0.1) is 23.2 Å². The Balaban J connectivity index is 1.92. The zero-order valence-electron chi connectivity index (χ0n) is 9.22. The molecule has 2 N–H and O–H groups in total. The molecule has 0 heterocycles. The lowest BCUT2D eigenvalue weighted by Crippen LogP contribution is -2.42. The fraction of sp³-hybridized carbons (Fsp3) is 1.00. The second-order valence-corrected chi connectivity index (χ2v) is 6.22. The van der Waals surface area contributed by atoms with Crippen LogP contribution in [0.25, 0.3) is 0 Å². The van der Waals surface area contributed by atoms with E-state index >= 15 is 0 Å². The third-order valence-electron chi connectivity index (χ3n) is 4.09. The minimum absolute atomic E-state index is 0.298. The molecule has 1 nitrogen and oxygen atoms in total. The summed E-state index contributed by atoms with van der Waals surface area (Å²) in [5.74, 6) is 2.97. The highest BCUT2D eigenvalue weighted by Crippen LogP contribution is 2.52. The van der Waals surface area contributed by atoms with Crippen molar-refractivity contribution >= 4 is 0 Å². The van der Waals surface area contributed by atoms with E-state index in [9.17, 15) is 0 Å². The molecule has 1 heteroatoms. The van der Waals surface area contributed by atoms with E-state index < -0.39 is 0 Å². The molecule has 0 saturated heterocycles. The molecule has 76 valence electrons. The van der Waals surface area contributed by atoms with Crippen LogP contribution in [0.15, 0.2) is 0 Å². The molecular formula is C12H23N. The molecule has 0 aromatic heterocycles. The van der Waals surface area contributed by atoms with Gasteiger partial charge in [-0.15, -0.1) is 0 Å². The van der Waals surface area contributed by atoms with Crippen LogP contribution < -0.4 is 5.73 Å². The Labute approximate surface area is 82.1 Å². The zero-order chi connectivity index (χ0) is 9.64. The predicted molar refractivity (Wildman–Crippen MR) is 56.4 cm³/mol. The molecule has 4 unspecified atom stereocenters. The van der Waals surface area contributed by atoms with Gasteiger partial charge < -0.3 is 5.73 Å². The lowest BCUT2D eigenvalue weighted by molar-refractivity contribution is 0.189. The average molecular weight is 181 g/mol. The van der Waals surface area contributed by atoms with Gasteiger partial charge in [0.15, 0.2) is 0 Å². The zero-order valence-corrected chi connectivity index (χ0v) is 9.22. The van der Waals surface area contributed by atoms with Crippen LogP contribution in [0.1, 0.15) is 46.5 Å². The molecular weight excluding hydrogens is 158 g/mol. The summed E-state index contributed by atoms with van der Waals surface area (Å²) in [6, 6.07) is 0.411. The van der Waals surface area contributed by atoms with Gasteiger partial charge in [0.05, 0.1) is 0 Å². The SMILES string of the molecule is CC(C)(C)C(N)C1CCC2CC2C1. The van der Waals surface area contributed by atoms with E-state index in [1.807, 2.05) is 0 Å². The predicted octanol–water partition coefficient (Wildman–Crippen LogP) is 2.80. The molecule has 2 aliphatic rings. The van der Waals surface area contributed by atoms with E-state index in [1.54, 1.807) is 0 Å². The Hall–Kier alpha value is -0.0400. The lowest BCUT2D eigenvalue weighted by atomic mass is 9.73. The summed E-state index contributed by atoms with van der Waals surface area (Å²) in [4.78, 5) is 0. The van der Waals surface area contributed by atoms with Crippen molar-refractivity contribution in [3.8, 4) is 0 Å². The van der Waals surface area contributed by atoms with E-state index in [2.05, 4.69) is 20.8 Å². The van der Waals surface area contributed by atoms with Crippen molar-refractivity contribution in [2.45, 2.75) is 52.5 Å². The summed E-state index contributed by atoms with van der Waals surface area (Å²) in [7, 11) is 0. The molecule has 0 spiro atoms. The van der Waals surface area contributed by atoms with Crippen molar-refractivity contribution in [2.24, 2.45) is 28.9 Å². The summed E-state index contributed by atoms with van der Waals surface area (Å²) in [6.45, 7) is 6.82. The standard InChI is InChI=1S/C12H23N/c1-12(2,3)11(13)9-5-4-8-6-10(8)7-9/h8-11H,4-7,13H2,1-3H3. The van der Waals surface area contributed by atoms with Gasteiger partial charge in [0.1, 0.15) is 0 Å². The first kappa shape index (κ1) is 9.51. The normalized spacial score (nSPS) is 41.1. The second kappa shape index (κ2) is 2.98. The van der Waals surface area contributed by atoms with Crippen molar-refractivity contribution < 1.29 is 0 Å². The van der Waals surface area contributed by atoms with Gasteiger partial charge in [0.2, 0.25) is 0 Å². The summed E-state index contributed by atoms with van der Waals surface area (Å²) in [6.07, 6.45) is 5.77. The van der Waals surface area contributed by atoms with E-state index in [4.69, 9.17) is 5.73 Å². The fourth-order valence-corrected chi connectivity index (χ4v) is 2.92. The Bertz CT molecular complexity index is 192. The summed E-state index contributed by atoms with van der Waals surface area (Å²) in [5.41, 5.74) is 6.60. The van der Waals surface area contributed by atoms with Gasteiger partial charge >= 0.3 is 0 Å². The van der Waals surface area contributed by atoms with Crippen LogP contribution in [0.4, 0.5) is 0 Å². The molecule has 0 bridgehead atoms. The van der Waals surface area contributed by atoms with Crippen molar-refractivity contribution in [3.63, 3.8) is 0 Å². The summed E-state index contributed by atoms with van der Waals surface area (Å²) < 4.78 is 0. The fourth-order valence-electron chi connectivity index (χ4n) is 2.92. The number of hydrogen-bond donors (Lipinski definition) is 1. The highest BCUT2D eigenvalue weighted by molar-refractivity contribution is 4.96. The number of rotatable bonds is 1. The summed E-state index contributed by atoms with van der Waals surface area (Å²) >= 11 is 0. The maximum absolute atomic E-state index is 6.31. The maximum Gasteiger partial charge on any atom is 0.0116 e. The Morgan fingerprint density at radius 1 is 1.08 bits per heavy atom. The van der Waals surface area contributed by atoms with Gasteiger partial charge in [-0.2, -0.15) is 0 Å². The smallest absolute Gasteiger partial charge is 0.0116 e. The first-order valence-corrected chi connectivity index (χ1v) is 5.74. The van der Waals surface area contributed by atoms with Crippen LogP contribution in [0.5, 0.6) is 0 Å². The van der Waals surface area contributed by atoms with Gasteiger partial charge in [-0.1, -0.05) is 20.8 Å². The van der Waals surface area contributed by atoms with Crippen LogP contribution in [0.3, 0.4) is 0 Å². The van der Waals surface area contributed by atoms with E-state index in [-0.39, 0.29) is 0 Å². The first-order chi connectivity index (χ1) is 5.98. The Morgan fingerprint density at radius 3 is 2.31 bits per heavy atom. The number of fused-ring (bicyclic) bond motifs is 1. The molecule has 2 rings (SSSR count). The molecule has 2 saturated carbocycles. The molecule has 2 fully saturated rings. The number of nitrogens with two attached hydrogens (primary N) is 1. The molecule has 2 aliphatic carbocycles. The first-order valence-electron chi connectivity index (χ1n) is 5.74. The Morgan fingerprint density at radius 2 is 1.77 bits per heavy atom. The van der Waals surface area contributed by atoms with Crippen molar-refractivity contribution in [3.05, 3.63) is 0 Å². The second-order valence-electron chi connectivity index (χ2n) is 6.22. The molecule has 0 aliphatic heterocycles. The molecule has 0 aromatic rings. The van der Waals surface area contributed by atoms with E-state index in [0.717, 1.165) is 17.8 Å². The average Bonchev–Trinajstić information content (AvgIpc) is 2.78. The molecule has 0 radical (unpaired) electrons. The molecule has 13 heavy (non-hydrogen) atoms. The van der Waals surface area contributed by atoms with Crippen molar-refractivity contribution in [1.82, 2.24) is 0 Å². The molecule has 0 amide bonds. The van der Waals surface area contributed by atoms with Crippen molar-refractivity contribution in [1.29, 1.82) is 0 Å².